The van der Waals surface area contributed by atoms with Crippen molar-refractivity contribution in [3.05, 3.63) is 35.4 Å². The standard InChI is InChI=1S/C16H24N2O3/c1-11(15(20)18(5)21-6)17-14(19)12-7-9-13(10-8-12)16(2,3)4/h7-11H,1-6H3,(H,17,19)/t11-/m0/s1. The second kappa shape index (κ2) is 6.72. The fourth-order valence-corrected chi connectivity index (χ4v) is 1.83. The highest BCUT2D eigenvalue weighted by molar-refractivity contribution is 5.97. The van der Waals surface area contributed by atoms with Crippen LogP contribution in [0.15, 0.2) is 24.3 Å². The number of nitrogens with zero attached hydrogens (tertiary/aromatic N) is 1. The van der Waals surface area contributed by atoms with Crippen LogP contribution >= 0.6 is 0 Å². The number of carbonyl (C=O) groups is 2. The molecule has 0 bridgehead atoms. The molecule has 1 N–H and O–H groups in total. The monoisotopic (exact) mass is 292 g/mol. The summed E-state index contributed by atoms with van der Waals surface area (Å²) < 4.78 is 0. The minimum absolute atomic E-state index is 0.0411. The van der Waals surface area contributed by atoms with E-state index < -0.39 is 6.04 Å². The SMILES string of the molecule is CON(C)C(=O)[C@H](C)NC(=O)c1ccc(C(C)(C)C)cc1. The maximum Gasteiger partial charge on any atom is 0.268 e. The number of benzene rings is 1. The van der Waals surface area contributed by atoms with E-state index in [1.807, 2.05) is 12.1 Å². The molecule has 2 amide bonds. The van der Waals surface area contributed by atoms with Gasteiger partial charge in [-0.2, -0.15) is 0 Å². The zero-order valence-electron chi connectivity index (χ0n) is 13.6. The Kier molecular flexibility index (Phi) is 5.49. The minimum atomic E-state index is -0.648. The van der Waals surface area contributed by atoms with E-state index in [2.05, 4.69) is 26.1 Å². The second-order valence-corrected chi connectivity index (χ2v) is 6.04. The van der Waals surface area contributed by atoms with Crippen LogP contribution in [0.3, 0.4) is 0 Å². The van der Waals surface area contributed by atoms with E-state index in [9.17, 15) is 9.59 Å². The molecule has 0 aliphatic carbocycles. The van der Waals surface area contributed by atoms with Crippen LogP contribution < -0.4 is 5.32 Å². The van der Waals surface area contributed by atoms with Crippen LogP contribution in [-0.4, -0.2) is 37.1 Å². The van der Waals surface area contributed by atoms with Crippen LogP contribution in [0.1, 0.15) is 43.6 Å². The zero-order valence-corrected chi connectivity index (χ0v) is 13.6. The smallest absolute Gasteiger partial charge is 0.268 e. The Labute approximate surface area is 126 Å². The van der Waals surface area contributed by atoms with E-state index in [-0.39, 0.29) is 17.2 Å². The van der Waals surface area contributed by atoms with Crippen LogP contribution in [0, 0.1) is 0 Å². The van der Waals surface area contributed by atoms with Crippen molar-refractivity contribution in [3.8, 4) is 0 Å². The van der Waals surface area contributed by atoms with E-state index in [0.717, 1.165) is 10.6 Å². The van der Waals surface area contributed by atoms with E-state index in [0.29, 0.717) is 5.56 Å². The van der Waals surface area contributed by atoms with Crippen molar-refractivity contribution in [1.29, 1.82) is 0 Å². The van der Waals surface area contributed by atoms with E-state index in [4.69, 9.17) is 4.84 Å². The minimum Gasteiger partial charge on any atom is -0.340 e. The van der Waals surface area contributed by atoms with Gasteiger partial charge in [0.05, 0.1) is 7.11 Å². The highest BCUT2D eigenvalue weighted by Gasteiger charge is 2.20. The molecule has 0 aliphatic rings. The molecular weight excluding hydrogens is 268 g/mol. The van der Waals surface area contributed by atoms with Gasteiger partial charge in [-0.15, -0.1) is 0 Å². The Hall–Kier alpha value is -1.88. The van der Waals surface area contributed by atoms with Crippen molar-refractivity contribution in [2.75, 3.05) is 14.2 Å². The molecule has 0 aromatic heterocycles. The number of nitrogens with one attached hydrogen (secondary N) is 1. The Balaban J connectivity index is 2.74. The Morgan fingerprint density at radius 2 is 1.71 bits per heavy atom. The number of hydroxylamine groups is 2. The zero-order chi connectivity index (χ0) is 16.2. The lowest BCUT2D eigenvalue weighted by atomic mass is 9.86. The molecule has 0 fully saturated rings. The first-order chi connectivity index (χ1) is 9.66. The number of hydrogen-bond acceptors (Lipinski definition) is 3. The van der Waals surface area contributed by atoms with E-state index >= 15 is 0 Å². The molecule has 0 unspecified atom stereocenters. The van der Waals surface area contributed by atoms with E-state index in [1.54, 1.807) is 19.1 Å². The summed E-state index contributed by atoms with van der Waals surface area (Å²) in [5.41, 5.74) is 1.73. The number of carbonyl (C=O) groups excluding carboxylic acids is 2. The predicted molar refractivity (Wildman–Crippen MR) is 81.8 cm³/mol. The molecule has 1 aromatic carbocycles. The van der Waals surface area contributed by atoms with Crippen molar-refractivity contribution in [2.45, 2.75) is 39.2 Å². The summed E-state index contributed by atoms with van der Waals surface area (Å²) in [4.78, 5) is 28.7. The van der Waals surface area contributed by atoms with Gasteiger partial charge in [-0.1, -0.05) is 32.9 Å². The molecule has 0 heterocycles. The quantitative estimate of drug-likeness (QED) is 0.865. The topological polar surface area (TPSA) is 58.6 Å². The third-order valence-electron chi connectivity index (χ3n) is 3.32. The van der Waals surface area contributed by atoms with Gasteiger partial charge in [0, 0.05) is 12.6 Å². The van der Waals surface area contributed by atoms with Gasteiger partial charge in [0.2, 0.25) is 0 Å². The lowest BCUT2D eigenvalue weighted by molar-refractivity contribution is -0.170. The maximum absolute atomic E-state index is 12.1. The number of amides is 2. The molecule has 1 aromatic rings. The normalized spacial score (nSPS) is 12.7. The van der Waals surface area contributed by atoms with Crippen LogP contribution in [0.25, 0.3) is 0 Å². The van der Waals surface area contributed by atoms with Crippen LogP contribution in [0.5, 0.6) is 0 Å². The molecule has 0 radical (unpaired) electrons. The van der Waals surface area contributed by atoms with Gasteiger partial charge >= 0.3 is 0 Å². The molecule has 5 heteroatoms. The highest BCUT2D eigenvalue weighted by atomic mass is 16.7. The van der Waals surface area contributed by atoms with Crippen molar-refractivity contribution < 1.29 is 14.4 Å². The van der Waals surface area contributed by atoms with Gasteiger partial charge in [0.25, 0.3) is 11.8 Å². The molecule has 5 nitrogen and oxygen atoms in total. The van der Waals surface area contributed by atoms with Gasteiger partial charge < -0.3 is 5.32 Å². The largest absolute Gasteiger partial charge is 0.340 e. The second-order valence-electron chi connectivity index (χ2n) is 6.04. The average Bonchev–Trinajstić information content (AvgIpc) is 2.44. The summed E-state index contributed by atoms with van der Waals surface area (Å²) in [7, 11) is 2.90. The maximum atomic E-state index is 12.1. The van der Waals surface area contributed by atoms with Gasteiger partial charge in [-0.25, -0.2) is 5.06 Å². The number of likely N-dealkylation sites (N-methyl/N-ethyl adjacent to an activating group) is 1. The van der Waals surface area contributed by atoms with Crippen LogP contribution in [0.4, 0.5) is 0 Å². The van der Waals surface area contributed by atoms with Crippen LogP contribution in [0.2, 0.25) is 0 Å². The molecule has 116 valence electrons. The molecule has 0 aliphatic heterocycles. The average molecular weight is 292 g/mol. The third kappa shape index (κ3) is 4.56. The molecule has 1 atom stereocenters. The van der Waals surface area contributed by atoms with Crippen molar-refractivity contribution >= 4 is 11.8 Å². The van der Waals surface area contributed by atoms with Gasteiger partial charge in [0.1, 0.15) is 6.04 Å². The van der Waals surface area contributed by atoms with Crippen LogP contribution in [-0.2, 0) is 15.0 Å². The number of hydrogen-bond donors (Lipinski definition) is 1. The molecule has 21 heavy (non-hydrogen) atoms. The fraction of sp³-hybridized carbons (Fsp3) is 0.500. The lowest BCUT2D eigenvalue weighted by Crippen LogP contribution is -2.45. The summed E-state index contributed by atoms with van der Waals surface area (Å²) in [6, 6.07) is 6.76. The predicted octanol–water partition coefficient (Wildman–Crippen LogP) is 2.12. The van der Waals surface area contributed by atoms with Crippen molar-refractivity contribution in [2.24, 2.45) is 0 Å². The van der Waals surface area contributed by atoms with Gasteiger partial charge in [-0.05, 0) is 30.0 Å². The first-order valence-electron chi connectivity index (χ1n) is 6.90. The van der Waals surface area contributed by atoms with Crippen molar-refractivity contribution in [3.63, 3.8) is 0 Å². The molecule has 0 spiro atoms. The summed E-state index contributed by atoms with van der Waals surface area (Å²) >= 11 is 0. The first kappa shape index (κ1) is 17.2. The summed E-state index contributed by atoms with van der Waals surface area (Å²) in [6.07, 6.45) is 0. The summed E-state index contributed by atoms with van der Waals surface area (Å²) in [6.45, 7) is 7.97. The molecule has 0 saturated carbocycles. The fourth-order valence-electron chi connectivity index (χ4n) is 1.83. The Morgan fingerprint density at radius 1 is 1.19 bits per heavy atom. The third-order valence-corrected chi connectivity index (χ3v) is 3.32. The molecule has 1 rings (SSSR count). The summed E-state index contributed by atoms with van der Waals surface area (Å²) in [5.74, 6) is -0.585. The Morgan fingerprint density at radius 3 is 2.14 bits per heavy atom. The van der Waals surface area contributed by atoms with Gasteiger partial charge in [0.15, 0.2) is 0 Å². The van der Waals surface area contributed by atoms with E-state index in [1.165, 1.54) is 14.2 Å². The summed E-state index contributed by atoms with van der Waals surface area (Å²) in [5, 5.41) is 3.75. The molecular formula is C16H24N2O3. The highest BCUT2D eigenvalue weighted by Crippen LogP contribution is 2.22. The molecule has 0 saturated heterocycles. The van der Waals surface area contributed by atoms with Crippen molar-refractivity contribution in [1.82, 2.24) is 10.4 Å². The van der Waals surface area contributed by atoms with Gasteiger partial charge in [-0.3, -0.25) is 14.4 Å². The lowest BCUT2D eigenvalue weighted by Gasteiger charge is -2.20. The Bertz CT molecular complexity index is 503. The first-order valence-corrected chi connectivity index (χ1v) is 6.90. The number of rotatable bonds is 4.